The third-order valence-corrected chi connectivity index (χ3v) is 3.09. The van der Waals surface area contributed by atoms with Gasteiger partial charge in [0.25, 0.3) is 0 Å². The van der Waals surface area contributed by atoms with Gasteiger partial charge < -0.3 is 9.47 Å². The Balaban J connectivity index is 2.28. The van der Waals surface area contributed by atoms with Gasteiger partial charge in [-0.25, -0.2) is 0 Å². The highest BCUT2D eigenvalue weighted by Gasteiger charge is 2.28. The van der Waals surface area contributed by atoms with Crippen molar-refractivity contribution in [1.29, 1.82) is 0 Å². The van der Waals surface area contributed by atoms with Crippen molar-refractivity contribution in [3.05, 3.63) is 0 Å². The summed E-state index contributed by atoms with van der Waals surface area (Å²) in [5.74, 6) is 0. The molecule has 2 nitrogen and oxygen atoms in total. The third-order valence-electron chi connectivity index (χ3n) is 2.24. The van der Waals surface area contributed by atoms with Crippen molar-refractivity contribution >= 4 is 15.9 Å². The Morgan fingerprint density at radius 1 is 1.42 bits per heavy atom. The normalized spacial score (nSPS) is 30.0. The van der Waals surface area contributed by atoms with Crippen molar-refractivity contribution in [2.24, 2.45) is 0 Å². The minimum absolute atomic E-state index is 0.259. The molecule has 0 N–H and O–H groups in total. The maximum Gasteiger partial charge on any atom is 0.0959 e. The summed E-state index contributed by atoms with van der Waals surface area (Å²) in [6.07, 6.45) is 2.84. The molecule has 1 heterocycles. The van der Waals surface area contributed by atoms with Gasteiger partial charge in [-0.15, -0.1) is 0 Å². The lowest BCUT2D eigenvalue weighted by Crippen LogP contribution is -2.27. The van der Waals surface area contributed by atoms with E-state index < -0.39 is 0 Å². The number of ether oxygens (including phenoxy) is 2. The summed E-state index contributed by atoms with van der Waals surface area (Å²) in [7, 11) is 0. The smallest absolute Gasteiger partial charge is 0.0959 e. The van der Waals surface area contributed by atoms with E-state index in [1.807, 2.05) is 0 Å². The predicted molar refractivity (Wildman–Crippen MR) is 52.8 cm³/mol. The second-order valence-corrected chi connectivity index (χ2v) is 4.34. The Kier molecular flexibility index (Phi) is 4.54. The molecule has 72 valence electrons. The van der Waals surface area contributed by atoms with E-state index in [-0.39, 0.29) is 6.10 Å². The van der Waals surface area contributed by atoms with E-state index in [2.05, 4.69) is 29.8 Å². The van der Waals surface area contributed by atoms with Crippen LogP contribution in [-0.2, 0) is 9.47 Å². The fourth-order valence-corrected chi connectivity index (χ4v) is 1.83. The van der Waals surface area contributed by atoms with Gasteiger partial charge in [0.1, 0.15) is 0 Å². The molecule has 0 amide bonds. The van der Waals surface area contributed by atoms with Gasteiger partial charge in [0.05, 0.1) is 30.2 Å². The van der Waals surface area contributed by atoms with Crippen LogP contribution in [-0.4, -0.2) is 30.2 Å². The van der Waals surface area contributed by atoms with E-state index in [9.17, 15) is 0 Å². The second kappa shape index (κ2) is 5.20. The van der Waals surface area contributed by atoms with Crippen LogP contribution < -0.4 is 0 Å². The van der Waals surface area contributed by atoms with Crippen molar-refractivity contribution in [3.8, 4) is 0 Å². The molecule has 0 aromatic heterocycles. The lowest BCUT2D eigenvalue weighted by molar-refractivity contribution is -0.0166. The monoisotopic (exact) mass is 236 g/mol. The lowest BCUT2D eigenvalue weighted by atomic mass is 10.2. The van der Waals surface area contributed by atoms with Gasteiger partial charge in [-0.1, -0.05) is 29.8 Å². The first-order chi connectivity index (χ1) is 5.77. The van der Waals surface area contributed by atoms with Crippen LogP contribution in [0, 0.1) is 0 Å². The first-order valence-electron chi connectivity index (χ1n) is 4.65. The Labute approximate surface area is 82.7 Å². The first-order valence-corrected chi connectivity index (χ1v) is 5.56. The van der Waals surface area contributed by atoms with Crippen LogP contribution in [0.15, 0.2) is 0 Å². The SMILES string of the molecule is CCC(CC)OC1COCC1Br. The summed E-state index contributed by atoms with van der Waals surface area (Å²) in [5, 5.41) is 0. The van der Waals surface area contributed by atoms with Gasteiger partial charge in [-0.05, 0) is 12.8 Å². The first kappa shape index (κ1) is 10.5. The molecule has 0 aromatic rings. The summed E-state index contributed by atoms with van der Waals surface area (Å²) < 4.78 is 11.1. The molecular weight excluding hydrogens is 220 g/mol. The minimum Gasteiger partial charge on any atom is -0.377 e. The zero-order valence-electron chi connectivity index (χ0n) is 7.75. The maximum atomic E-state index is 5.85. The second-order valence-electron chi connectivity index (χ2n) is 3.17. The molecule has 0 aliphatic carbocycles. The fraction of sp³-hybridized carbons (Fsp3) is 1.00. The molecule has 2 unspecified atom stereocenters. The van der Waals surface area contributed by atoms with Gasteiger partial charge in [0.15, 0.2) is 0 Å². The molecule has 1 aliphatic heterocycles. The number of hydrogen-bond acceptors (Lipinski definition) is 2. The molecule has 12 heavy (non-hydrogen) atoms. The summed E-state index contributed by atoms with van der Waals surface area (Å²) in [6.45, 7) is 5.84. The van der Waals surface area contributed by atoms with Crippen LogP contribution in [0.25, 0.3) is 0 Å². The van der Waals surface area contributed by atoms with Crippen LogP contribution in [0.4, 0.5) is 0 Å². The van der Waals surface area contributed by atoms with Crippen molar-refractivity contribution < 1.29 is 9.47 Å². The molecule has 3 heteroatoms. The van der Waals surface area contributed by atoms with E-state index >= 15 is 0 Å². The maximum absolute atomic E-state index is 5.85. The number of hydrogen-bond donors (Lipinski definition) is 0. The summed E-state index contributed by atoms with van der Waals surface area (Å²) in [6, 6.07) is 0. The predicted octanol–water partition coefficient (Wildman–Crippen LogP) is 2.35. The van der Waals surface area contributed by atoms with Gasteiger partial charge >= 0.3 is 0 Å². The molecule has 0 bridgehead atoms. The molecular formula is C9H17BrO2. The van der Waals surface area contributed by atoms with Crippen LogP contribution in [0.5, 0.6) is 0 Å². The van der Waals surface area contributed by atoms with Gasteiger partial charge in [-0.2, -0.15) is 0 Å². The summed E-state index contributed by atoms with van der Waals surface area (Å²) in [4.78, 5) is 0.387. The van der Waals surface area contributed by atoms with E-state index in [4.69, 9.17) is 9.47 Å². The molecule has 0 saturated carbocycles. The van der Waals surface area contributed by atoms with Crippen LogP contribution >= 0.6 is 15.9 Å². The van der Waals surface area contributed by atoms with E-state index in [1.54, 1.807) is 0 Å². The third kappa shape index (κ3) is 2.71. The number of halogens is 1. The highest BCUT2D eigenvalue weighted by Crippen LogP contribution is 2.20. The minimum atomic E-state index is 0.259. The average Bonchev–Trinajstić information content (AvgIpc) is 2.47. The zero-order valence-corrected chi connectivity index (χ0v) is 9.34. The van der Waals surface area contributed by atoms with E-state index in [0.29, 0.717) is 10.9 Å². The van der Waals surface area contributed by atoms with Crippen molar-refractivity contribution in [2.45, 2.75) is 43.7 Å². The van der Waals surface area contributed by atoms with E-state index in [1.165, 1.54) is 0 Å². The molecule has 1 saturated heterocycles. The zero-order chi connectivity index (χ0) is 8.97. The summed E-state index contributed by atoms with van der Waals surface area (Å²) >= 11 is 3.54. The van der Waals surface area contributed by atoms with Crippen LogP contribution in [0.2, 0.25) is 0 Å². The Bertz CT molecular complexity index is 126. The standard InChI is InChI=1S/C9H17BrO2/c1-3-7(4-2)12-9-6-11-5-8(9)10/h7-9H,3-6H2,1-2H3. The highest BCUT2D eigenvalue weighted by atomic mass is 79.9. The lowest BCUT2D eigenvalue weighted by Gasteiger charge is -2.20. The van der Waals surface area contributed by atoms with Gasteiger partial charge in [-0.3, -0.25) is 0 Å². The largest absolute Gasteiger partial charge is 0.377 e. The van der Waals surface area contributed by atoms with Gasteiger partial charge in [0, 0.05) is 0 Å². The molecule has 2 atom stereocenters. The summed E-state index contributed by atoms with van der Waals surface area (Å²) in [5.41, 5.74) is 0. The molecule has 0 spiro atoms. The highest BCUT2D eigenvalue weighted by molar-refractivity contribution is 9.09. The molecule has 1 fully saturated rings. The molecule has 1 rings (SSSR count). The topological polar surface area (TPSA) is 18.5 Å². The number of rotatable bonds is 4. The van der Waals surface area contributed by atoms with Gasteiger partial charge in [0.2, 0.25) is 0 Å². The van der Waals surface area contributed by atoms with Crippen molar-refractivity contribution in [3.63, 3.8) is 0 Å². The number of alkyl halides is 1. The van der Waals surface area contributed by atoms with Crippen molar-refractivity contribution in [2.75, 3.05) is 13.2 Å². The Hall–Kier alpha value is 0.400. The molecule has 0 aromatic carbocycles. The van der Waals surface area contributed by atoms with E-state index in [0.717, 1.165) is 26.1 Å². The fourth-order valence-electron chi connectivity index (χ4n) is 1.36. The van der Waals surface area contributed by atoms with Crippen LogP contribution in [0.3, 0.4) is 0 Å². The molecule has 0 radical (unpaired) electrons. The average molecular weight is 237 g/mol. The van der Waals surface area contributed by atoms with Crippen molar-refractivity contribution in [1.82, 2.24) is 0 Å². The Morgan fingerprint density at radius 3 is 2.50 bits per heavy atom. The van der Waals surface area contributed by atoms with Crippen LogP contribution in [0.1, 0.15) is 26.7 Å². The quantitative estimate of drug-likeness (QED) is 0.699. The Morgan fingerprint density at radius 2 is 2.08 bits per heavy atom. The molecule has 1 aliphatic rings.